The Labute approximate surface area is 113 Å². The maximum absolute atomic E-state index is 4.58. The summed E-state index contributed by atoms with van der Waals surface area (Å²) in [7, 11) is 0. The van der Waals surface area contributed by atoms with E-state index in [9.17, 15) is 0 Å². The molecule has 1 aromatic heterocycles. The van der Waals surface area contributed by atoms with Crippen LogP contribution in [0.5, 0.6) is 0 Å². The van der Waals surface area contributed by atoms with E-state index in [1.54, 1.807) is 0 Å². The lowest BCUT2D eigenvalue weighted by molar-refractivity contribution is 0.599. The molecule has 0 aliphatic carbocycles. The van der Waals surface area contributed by atoms with Crippen molar-refractivity contribution in [1.29, 1.82) is 0 Å². The van der Waals surface area contributed by atoms with Crippen molar-refractivity contribution in [2.75, 3.05) is 25.0 Å². The largest absolute Gasteiger partial charge is 0.354 e. The zero-order valence-corrected chi connectivity index (χ0v) is 11.0. The first-order chi connectivity index (χ1) is 7.45. The summed E-state index contributed by atoms with van der Waals surface area (Å²) in [5.41, 5.74) is 2.28. The molecule has 2 heterocycles. The van der Waals surface area contributed by atoms with Gasteiger partial charge in [0.2, 0.25) is 5.95 Å². The summed E-state index contributed by atoms with van der Waals surface area (Å²) in [6.45, 7) is 3.92. The average Bonchev–Trinajstić information content (AvgIpc) is 2.55. The SMILES string of the molecule is Cl.Cl.c1ccc2c(c1)nc1n2CCNCCN1. The normalized spacial score (nSPS) is 14.6. The van der Waals surface area contributed by atoms with Crippen molar-refractivity contribution in [2.24, 2.45) is 0 Å². The van der Waals surface area contributed by atoms with Crippen LogP contribution >= 0.6 is 24.8 Å². The van der Waals surface area contributed by atoms with Gasteiger partial charge in [0.05, 0.1) is 11.0 Å². The molecule has 1 aliphatic heterocycles. The number of hydrogen-bond donors (Lipinski definition) is 2. The number of aromatic nitrogens is 2. The molecule has 6 heteroatoms. The Hall–Kier alpha value is -0.970. The van der Waals surface area contributed by atoms with Gasteiger partial charge in [0.15, 0.2) is 0 Å². The Morgan fingerprint density at radius 2 is 1.88 bits per heavy atom. The molecule has 94 valence electrons. The molecule has 1 aliphatic rings. The molecule has 0 amide bonds. The van der Waals surface area contributed by atoms with E-state index in [2.05, 4.69) is 38.4 Å². The van der Waals surface area contributed by atoms with Crippen LogP contribution in [0.2, 0.25) is 0 Å². The minimum Gasteiger partial charge on any atom is -0.354 e. The summed E-state index contributed by atoms with van der Waals surface area (Å²) in [6.07, 6.45) is 0. The predicted octanol–water partition coefficient (Wildman–Crippen LogP) is 1.89. The number of para-hydroxylation sites is 2. The fraction of sp³-hybridized carbons (Fsp3) is 0.364. The maximum atomic E-state index is 4.58. The van der Waals surface area contributed by atoms with Crippen LogP contribution in [0.1, 0.15) is 0 Å². The molecule has 0 spiro atoms. The first-order valence-electron chi connectivity index (χ1n) is 5.35. The van der Waals surface area contributed by atoms with Crippen molar-refractivity contribution in [3.8, 4) is 0 Å². The van der Waals surface area contributed by atoms with Crippen molar-refractivity contribution in [2.45, 2.75) is 6.54 Å². The lowest BCUT2D eigenvalue weighted by Gasteiger charge is -2.15. The molecular formula is C11H16Cl2N4. The zero-order chi connectivity index (χ0) is 10.1. The third-order valence-corrected chi connectivity index (χ3v) is 2.75. The van der Waals surface area contributed by atoms with E-state index in [-0.39, 0.29) is 24.8 Å². The van der Waals surface area contributed by atoms with Gasteiger partial charge in [-0.25, -0.2) is 4.98 Å². The number of imidazole rings is 1. The number of benzene rings is 1. The summed E-state index contributed by atoms with van der Waals surface area (Å²) in [6, 6.07) is 8.27. The molecular weight excluding hydrogens is 259 g/mol. The smallest absolute Gasteiger partial charge is 0.203 e. The molecule has 0 unspecified atom stereocenters. The van der Waals surface area contributed by atoms with Crippen molar-refractivity contribution in [1.82, 2.24) is 14.9 Å². The first kappa shape index (κ1) is 14.1. The summed E-state index contributed by atoms with van der Waals surface area (Å²) in [4.78, 5) is 4.58. The van der Waals surface area contributed by atoms with Gasteiger partial charge in [-0.15, -0.1) is 24.8 Å². The lowest BCUT2D eigenvalue weighted by Crippen LogP contribution is -2.29. The van der Waals surface area contributed by atoms with E-state index in [0.717, 1.165) is 37.6 Å². The number of anilines is 1. The van der Waals surface area contributed by atoms with Crippen molar-refractivity contribution in [3.63, 3.8) is 0 Å². The second-order valence-electron chi connectivity index (χ2n) is 3.75. The van der Waals surface area contributed by atoms with Crippen LogP contribution in [0.3, 0.4) is 0 Å². The highest BCUT2D eigenvalue weighted by atomic mass is 35.5. The molecule has 4 nitrogen and oxygen atoms in total. The van der Waals surface area contributed by atoms with E-state index >= 15 is 0 Å². The Morgan fingerprint density at radius 3 is 2.76 bits per heavy atom. The highest BCUT2D eigenvalue weighted by Gasteiger charge is 2.10. The molecule has 2 aromatic rings. The van der Waals surface area contributed by atoms with E-state index in [4.69, 9.17) is 0 Å². The highest BCUT2D eigenvalue weighted by Crippen LogP contribution is 2.19. The van der Waals surface area contributed by atoms with Gasteiger partial charge in [-0.05, 0) is 12.1 Å². The summed E-state index contributed by atoms with van der Waals surface area (Å²) in [5, 5.41) is 6.72. The number of fused-ring (bicyclic) bond motifs is 3. The Balaban J connectivity index is 0.000000722. The number of nitrogens with one attached hydrogen (secondary N) is 2. The quantitative estimate of drug-likeness (QED) is 0.771. The molecule has 2 N–H and O–H groups in total. The van der Waals surface area contributed by atoms with Crippen LogP contribution < -0.4 is 10.6 Å². The Kier molecular flexibility index (Phi) is 5.05. The standard InChI is InChI=1S/C11H14N4.2ClH/c1-2-4-10-9(3-1)14-11-13-6-5-12-7-8-15(10)11;;/h1-4,12H,5-8H2,(H,13,14);2*1H. The van der Waals surface area contributed by atoms with Crippen molar-refractivity contribution in [3.05, 3.63) is 24.3 Å². The van der Waals surface area contributed by atoms with Gasteiger partial charge in [0.1, 0.15) is 0 Å². The number of nitrogens with zero attached hydrogens (tertiary/aromatic N) is 2. The van der Waals surface area contributed by atoms with Crippen LogP contribution in [-0.2, 0) is 6.54 Å². The maximum Gasteiger partial charge on any atom is 0.203 e. The second kappa shape index (κ2) is 6.10. The summed E-state index contributed by atoms with van der Waals surface area (Å²) in [5.74, 6) is 0.998. The molecule has 1 aromatic carbocycles. The van der Waals surface area contributed by atoms with Gasteiger partial charge in [-0.1, -0.05) is 12.1 Å². The summed E-state index contributed by atoms with van der Waals surface area (Å²) < 4.78 is 2.24. The van der Waals surface area contributed by atoms with Crippen LogP contribution in [0.15, 0.2) is 24.3 Å². The van der Waals surface area contributed by atoms with Crippen LogP contribution in [0, 0.1) is 0 Å². The van der Waals surface area contributed by atoms with Gasteiger partial charge in [0, 0.05) is 26.2 Å². The van der Waals surface area contributed by atoms with E-state index in [1.807, 2.05) is 6.07 Å². The monoisotopic (exact) mass is 274 g/mol. The zero-order valence-electron chi connectivity index (χ0n) is 9.35. The minimum absolute atomic E-state index is 0. The number of rotatable bonds is 0. The van der Waals surface area contributed by atoms with E-state index < -0.39 is 0 Å². The number of hydrogen-bond acceptors (Lipinski definition) is 3. The fourth-order valence-electron chi connectivity index (χ4n) is 2.02. The van der Waals surface area contributed by atoms with E-state index in [0.29, 0.717) is 0 Å². The molecule has 0 saturated carbocycles. The molecule has 17 heavy (non-hydrogen) atoms. The number of halogens is 2. The van der Waals surface area contributed by atoms with Crippen LogP contribution in [0.25, 0.3) is 11.0 Å². The Morgan fingerprint density at radius 1 is 1.06 bits per heavy atom. The topological polar surface area (TPSA) is 41.9 Å². The highest BCUT2D eigenvalue weighted by molar-refractivity contribution is 5.85. The molecule has 0 radical (unpaired) electrons. The predicted molar refractivity (Wildman–Crippen MR) is 75.6 cm³/mol. The average molecular weight is 275 g/mol. The van der Waals surface area contributed by atoms with Crippen molar-refractivity contribution < 1.29 is 0 Å². The molecule has 3 rings (SSSR count). The van der Waals surface area contributed by atoms with Gasteiger partial charge in [-0.3, -0.25) is 0 Å². The third-order valence-electron chi connectivity index (χ3n) is 2.75. The second-order valence-corrected chi connectivity index (χ2v) is 3.75. The van der Waals surface area contributed by atoms with Gasteiger partial charge in [-0.2, -0.15) is 0 Å². The molecule has 0 atom stereocenters. The lowest BCUT2D eigenvalue weighted by atomic mass is 10.3. The first-order valence-corrected chi connectivity index (χ1v) is 5.35. The minimum atomic E-state index is 0. The molecule has 0 bridgehead atoms. The molecule has 0 saturated heterocycles. The van der Waals surface area contributed by atoms with Gasteiger partial charge >= 0.3 is 0 Å². The van der Waals surface area contributed by atoms with Crippen molar-refractivity contribution >= 4 is 41.8 Å². The van der Waals surface area contributed by atoms with Gasteiger partial charge < -0.3 is 15.2 Å². The van der Waals surface area contributed by atoms with E-state index in [1.165, 1.54) is 5.52 Å². The molecule has 0 fully saturated rings. The van der Waals surface area contributed by atoms with Crippen LogP contribution in [-0.4, -0.2) is 29.2 Å². The van der Waals surface area contributed by atoms with Crippen LogP contribution in [0.4, 0.5) is 5.95 Å². The Bertz CT molecular complexity index is 483. The van der Waals surface area contributed by atoms with Gasteiger partial charge in [0.25, 0.3) is 0 Å². The fourth-order valence-corrected chi connectivity index (χ4v) is 2.02. The summed E-state index contributed by atoms with van der Waals surface area (Å²) >= 11 is 0. The third kappa shape index (κ3) is 2.65.